The number of methoxy groups -OCH3 is 1. The summed E-state index contributed by atoms with van der Waals surface area (Å²) in [6.07, 6.45) is 12.1. The highest BCUT2D eigenvalue weighted by Crippen LogP contribution is 2.42. The second-order valence-electron chi connectivity index (χ2n) is 11.6. The highest BCUT2D eigenvalue weighted by atomic mass is 16.5. The molecular weight excluding hydrogens is 416 g/mol. The summed E-state index contributed by atoms with van der Waals surface area (Å²) in [5, 5.41) is 0. The van der Waals surface area contributed by atoms with E-state index in [1.807, 2.05) is 0 Å². The van der Waals surface area contributed by atoms with Gasteiger partial charge in [0.15, 0.2) is 0 Å². The summed E-state index contributed by atoms with van der Waals surface area (Å²) in [6.45, 7) is 5.07. The van der Waals surface area contributed by atoms with Gasteiger partial charge in [0.05, 0.1) is 7.11 Å². The number of ether oxygens (including phenoxy) is 1. The smallest absolute Gasteiger partial charge is 0.119 e. The second-order valence-corrected chi connectivity index (χ2v) is 11.6. The summed E-state index contributed by atoms with van der Waals surface area (Å²) in [5.41, 5.74) is 4.61. The predicted octanol–water partition coefficient (Wildman–Crippen LogP) is 5.96. The molecule has 0 radical (unpaired) electrons. The fourth-order valence-corrected chi connectivity index (χ4v) is 7.40. The first kappa shape index (κ1) is 22.6. The molecule has 4 bridgehead atoms. The maximum Gasteiger partial charge on any atom is 0.119 e. The number of hydrogen-bond donors (Lipinski definition) is 0. The molecule has 7 rings (SSSR count). The van der Waals surface area contributed by atoms with Crippen molar-refractivity contribution in [1.29, 1.82) is 0 Å². The first-order chi connectivity index (χ1) is 16.8. The average molecular weight is 459 g/mol. The van der Waals surface area contributed by atoms with Crippen LogP contribution >= 0.6 is 0 Å². The lowest BCUT2D eigenvalue weighted by Crippen LogP contribution is -2.45. The Kier molecular flexibility index (Phi) is 6.67. The minimum atomic E-state index is 0.686. The molecule has 182 valence electrons. The van der Waals surface area contributed by atoms with Gasteiger partial charge >= 0.3 is 0 Å². The molecule has 2 aromatic carbocycles. The van der Waals surface area contributed by atoms with Crippen molar-refractivity contribution in [2.24, 2.45) is 17.8 Å². The van der Waals surface area contributed by atoms with Gasteiger partial charge in [-0.05, 0) is 111 Å². The Morgan fingerprint density at radius 1 is 0.882 bits per heavy atom. The lowest BCUT2D eigenvalue weighted by atomic mass is 9.79. The van der Waals surface area contributed by atoms with Crippen LogP contribution in [-0.4, -0.2) is 48.6 Å². The van der Waals surface area contributed by atoms with Gasteiger partial charge in [-0.3, -0.25) is 9.80 Å². The third kappa shape index (κ3) is 4.93. The molecule has 3 heteroatoms. The van der Waals surface area contributed by atoms with E-state index in [0.717, 1.165) is 36.1 Å². The molecule has 4 atom stereocenters. The van der Waals surface area contributed by atoms with Crippen LogP contribution in [0.1, 0.15) is 61.6 Å². The second kappa shape index (κ2) is 10.0. The van der Waals surface area contributed by atoms with Crippen LogP contribution in [0, 0.1) is 17.8 Å². The molecule has 2 aromatic rings. The molecule has 0 aromatic heterocycles. The molecule has 3 nitrogen and oxygen atoms in total. The van der Waals surface area contributed by atoms with E-state index in [1.165, 1.54) is 83.0 Å². The molecule has 5 aliphatic rings. The molecule has 34 heavy (non-hydrogen) atoms. The Morgan fingerprint density at radius 2 is 1.76 bits per heavy atom. The molecule has 3 heterocycles. The Balaban J connectivity index is 1.30. The Bertz CT molecular complexity index is 955. The molecule has 3 aliphatic heterocycles. The maximum absolute atomic E-state index is 5.62. The van der Waals surface area contributed by atoms with Crippen molar-refractivity contribution in [1.82, 2.24) is 9.80 Å². The number of rotatable bonds is 5. The number of benzene rings is 2. The SMILES string of the molecule is COc1ccc2c(c1)CCC[C@@H]1CN(Cc3ccccc3)C3CCC(C2)N(CC2CC2)CCC31. The summed E-state index contributed by atoms with van der Waals surface area (Å²) < 4.78 is 5.62. The number of hydrogen-bond acceptors (Lipinski definition) is 3. The minimum absolute atomic E-state index is 0.686. The maximum atomic E-state index is 5.62. The molecule has 3 unspecified atom stereocenters. The summed E-state index contributed by atoms with van der Waals surface area (Å²) in [6, 6.07) is 19.6. The number of aryl methyl sites for hydroxylation is 1. The van der Waals surface area contributed by atoms with E-state index in [2.05, 4.69) is 58.3 Å². The van der Waals surface area contributed by atoms with Gasteiger partial charge < -0.3 is 4.74 Å². The topological polar surface area (TPSA) is 15.7 Å². The van der Waals surface area contributed by atoms with Crippen molar-refractivity contribution in [3.63, 3.8) is 0 Å². The normalized spacial score (nSPS) is 30.3. The van der Waals surface area contributed by atoms with Crippen molar-refractivity contribution in [2.45, 2.75) is 76.4 Å². The number of likely N-dealkylation sites (tertiary alicyclic amines) is 1. The zero-order valence-corrected chi connectivity index (χ0v) is 21.0. The summed E-state index contributed by atoms with van der Waals surface area (Å²) in [5.74, 6) is 3.71. The fourth-order valence-electron chi connectivity index (χ4n) is 7.40. The van der Waals surface area contributed by atoms with Gasteiger partial charge in [0.2, 0.25) is 0 Å². The van der Waals surface area contributed by atoms with Gasteiger partial charge in [-0.2, -0.15) is 0 Å². The number of nitrogens with zero attached hydrogens (tertiary/aromatic N) is 2. The minimum Gasteiger partial charge on any atom is -0.497 e. The van der Waals surface area contributed by atoms with E-state index >= 15 is 0 Å². The predicted molar refractivity (Wildman–Crippen MR) is 139 cm³/mol. The van der Waals surface area contributed by atoms with Gasteiger partial charge in [-0.15, -0.1) is 0 Å². The quantitative estimate of drug-likeness (QED) is 0.550. The molecular formula is C31H42N2O. The fraction of sp³-hybridized carbons (Fsp3) is 0.613. The van der Waals surface area contributed by atoms with Crippen molar-refractivity contribution in [3.05, 3.63) is 65.2 Å². The lowest BCUT2D eigenvalue weighted by Gasteiger charge is -2.40. The summed E-state index contributed by atoms with van der Waals surface area (Å²) in [7, 11) is 1.81. The monoisotopic (exact) mass is 458 g/mol. The molecule has 2 aliphatic carbocycles. The van der Waals surface area contributed by atoms with Crippen LogP contribution in [0.25, 0.3) is 0 Å². The van der Waals surface area contributed by atoms with Crippen molar-refractivity contribution >= 4 is 0 Å². The van der Waals surface area contributed by atoms with Crippen LogP contribution in [0.5, 0.6) is 5.75 Å². The summed E-state index contributed by atoms with van der Waals surface area (Å²) in [4.78, 5) is 5.81. The van der Waals surface area contributed by atoms with E-state index < -0.39 is 0 Å². The molecule has 0 amide bonds. The highest BCUT2D eigenvalue weighted by molar-refractivity contribution is 5.36. The van der Waals surface area contributed by atoms with Gasteiger partial charge in [-0.25, -0.2) is 0 Å². The highest BCUT2D eigenvalue weighted by Gasteiger charge is 2.43. The Hall–Kier alpha value is -1.84. The third-order valence-corrected chi connectivity index (χ3v) is 9.41. The van der Waals surface area contributed by atoms with Crippen LogP contribution < -0.4 is 4.74 Å². The first-order valence-electron chi connectivity index (χ1n) is 13.9. The van der Waals surface area contributed by atoms with E-state index in [1.54, 1.807) is 18.2 Å². The van der Waals surface area contributed by atoms with E-state index in [9.17, 15) is 0 Å². The van der Waals surface area contributed by atoms with Gasteiger partial charge in [0.25, 0.3) is 0 Å². The Morgan fingerprint density at radius 3 is 2.59 bits per heavy atom. The van der Waals surface area contributed by atoms with Gasteiger partial charge in [0.1, 0.15) is 5.75 Å². The van der Waals surface area contributed by atoms with Crippen LogP contribution in [0.2, 0.25) is 0 Å². The van der Waals surface area contributed by atoms with Crippen LogP contribution in [0.3, 0.4) is 0 Å². The largest absolute Gasteiger partial charge is 0.497 e. The van der Waals surface area contributed by atoms with Crippen molar-refractivity contribution < 1.29 is 4.74 Å². The zero-order chi connectivity index (χ0) is 22.9. The van der Waals surface area contributed by atoms with E-state index in [4.69, 9.17) is 4.74 Å². The van der Waals surface area contributed by atoms with E-state index in [-0.39, 0.29) is 0 Å². The average Bonchev–Trinajstić information content (AvgIpc) is 3.61. The molecule has 1 saturated carbocycles. The Labute approximate surface area is 206 Å². The van der Waals surface area contributed by atoms with Crippen LogP contribution in [0.15, 0.2) is 48.5 Å². The van der Waals surface area contributed by atoms with Crippen LogP contribution in [0.4, 0.5) is 0 Å². The number of fused-ring (bicyclic) bond motifs is 5. The standard InChI is InChI=1S/C31H42N2O/c1-34-29-14-12-26-18-28-13-15-31-30(16-17-32(28)20-24-10-11-24)27(9-5-8-25(26)19-29)22-33(31)21-23-6-3-2-4-7-23/h2-4,6-7,12,14,19,24,27-28,30-31H,5,8-11,13,15-18,20-22H2,1H3/t27-,28?,30?,31?/m1/s1. The van der Waals surface area contributed by atoms with Gasteiger partial charge in [-0.1, -0.05) is 36.4 Å². The zero-order valence-electron chi connectivity index (χ0n) is 21.0. The van der Waals surface area contributed by atoms with Crippen molar-refractivity contribution in [3.8, 4) is 5.75 Å². The molecule has 3 fully saturated rings. The van der Waals surface area contributed by atoms with Crippen molar-refractivity contribution in [2.75, 3.05) is 26.7 Å². The molecule has 2 saturated heterocycles. The molecule has 0 N–H and O–H groups in total. The van der Waals surface area contributed by atoms with Gasteiger partial charge in [0, 0.05) is 31.7 Å². The lowest BCUT2D eigenvalue weighted by molar-refractivity contribution is 0.105. The first-order valence-corrected chi connectivity index (χ1v) is 13.9. The third-order valence-electron chi connectivity index (χ3n) is 9.41. The van der Waals surface area contributed by atoms with Crippen LogP contribution in [-0.2, 0) is 19.4 Å². The van der Waals surface area contributed by atoms with E-state index in [0.29, 0.717) is 6.04 Å². The molecule has 0 spiro atoms. The summed E-state index contributed by atoms with van der Waals surface area (Å²) >= 11 is 0.